The van der Waals surface area contributed by atoms with E-state index in [9.17, 15) is 4.79 Å². The first kappa shape index (κ1) is 14.6. The van der Waals surface area contributed by atoms with Crippen LogP contribution in [0.1, 0.15) is 27.2 Å². The summed E-state index contributed by atoms with van der Waals surface area (Å²) in [6.07, 6.45) is 3.57. The molecule has 0 aliphatic heterocycles. The SMILES string of the molecule is O=C(NCCOc1ccc2c(c1)CCC2)c1ccc(Br)s1. The first-order valence-electron chi connectivity index (χ1n) is 7.00. The van der Waals surface area contributed by atoms with E-state index in [1.807, 2.05) is 18.2 Å². The largest absolute Gasteiger partial charge is 0.492 e. The van der Waals surface area contributed by atoms with Crippen molar-refractivity contribution in [1.29, 1.82) is 0 Å². The average Bonchev–Trinajstić information content (AvgIpc) is 3.11. The molecule has 0 radical (unpaired) electrons. The Morgan fingerprint density at radius 3 is 2.90 bits per heavy atom. The van der Waals surface area contributed by atoms with Crippen molar-refractivity contribution in [2.24, 2.45) is 0 Å². The van der Waals surface area contributed by atoms with Gasteiger partial charge in [0.2, 0.25) is 0 Å². The Hall–Kier alpha value is -1.33. The predicted molar refractivity (Wildman–Crippen MR) is 88.3 cm³/mol. The van der Waals surface area contributed by atoms with Crippen LogP contribution in [0.2, 0.25) is 0 Å². The summed E-state index contributed by atoms with van der Waals surface area (Å²) in [5.74, 6) is 0.840. The third-order valence-corrected chi connectivity index (χ3v) is 5.15. The molecule has 110 valence electrons. The van der Waals surface area contributed by atoms with Crippen LogP contribution in [0.5, 0.6) is 5.75 Å². The maximum atomic E-state index is 11.8. The molecule has 5 heteroatoms. The molecule has 1 amide bonds. The second-order valence-electron chi connectivity index (χ2n) is 4.99. The molecule has 3 rings (SSSR count). The van der Waals surface area contributed by atoms with E-state index in [4.69, 9.17) is 4.74 Å². The number of aryl methyl sites for hydroxylation is 2. The van der Waals surface area contributed by atoms with Crippen molar-refractivity contribution in [2.75, 3.05) is 13.2 Å². The van der Waals surface area contributed by atoms with Crippen LogP contribution in [0.4, 0.5) is 0 Å². The number of halogens is 1. The molecule has 0 bridgehead atoms. The van der Waals surface area contributed by atoms with Crippen LogP contribution in [0.3, 0.4) is 0 Å². The molecule has 1 heterocycles. The Morgan fingerprint density at radius 2 is 2.10 bits per heavy atom. The van der Waals surface area contributed by atoms with Gasteiger partial charge in [0, 0.05) is 0 Å². The zero-order chi connectivity index (χ0) is 14.7. The minimum Gasteiger partial charge on any atom is -0.492 e. The Morgan fingerprint density at radius 1 is 1.24 bits per heavy atom. The van der Waals surface area contributed by atoms with Crippen LogP contribution in [0, 0.1) is 0 Å². The summed E-state index contributed by atoms with van der Waals surface area (Å²) in [5, 5.41) is 2.86. The van der Waals surface area contributed by atoms with E-state index in [1.165, 1.54) is 35.3 Å². The molecule has 1 N–H and O–H groups in total. The van der Waals surface area contributed by atoms with E-state index in [0.29, 0.717) is 18.0 Å². The summed E-state index contributed by atoms with van der Waals surface area (Å²) in [4.78, 5) is 12.6. The molecule has 21 heavy (non-hydrogen) atoms. The van der Waals surface area contributed by atoms with Gasteiger partial charge < -0.3 is 10.1 Å². The van der Waals surface area contributed by atoms with Crippen LogP contribution in [-0.2, 0) is 12.8 Å². The molecule has 1 aliphatic rings. The number of benzene rings is 1. The van der Waals surface area contributed by atoms with Gasteiger partial charge in [-0.1, -0.05) is 6.07 Å². The van der Waals surface area contributed by atoms with Gasteiger partial charge in [-0.3, -0.25) is 4.79 Å². The van der Waals surface area contributed by atoms with Crippen molar-refractivity contribution in [2.45, 2.75) is 19.3 Å². The van der Waals surface area contributed by atoms with Gasteiger partial charge in [0.1, 0.15) is 12.4 Å². The molecule has 3 nitrogen and oxygen atoms in total. The number of nitrogens with one attached hydrogen (secondary N) is 1. The highest BCUT2D eigenvalue weighted by Crippen LogP contribution is 2.26. The molecule has 0 saturated heterocycles. The van der Waals surface area contributed by atoms with E-state index in [-0.39, 0.29) is 5.91 Å². The molecule has 0 spiro atoms. The fraction of sp³-hybridized carbons (Fsp3) is 0.312. The molecule has 0 unspecified atom stereocenters. The quantitative estimate of drug-likeness (QED) is 0.818. The highest BCUT2D eigenvalue weighted by molar-refractivity contribution is 9.11. The number of amides is 1. The average molecular weight is 366 g/mol. The van der Waals surface area contributed by atoms with Gasteiger partial charge in [-0.05, 0) is 70.6 Å². The van der Waals surface area contributed by atoms with E-state index in [1.54, 1.807) is 0 Å². The number of hydrogen-bond donors (Lipinski definition) is 1. The molecular formula is C16H16BrNO2S. The van der Waals surface area contributed by atoms with Crippen LogP contribution < -0.4 is 10.1 Å². The van der Waals surface area contributed by atoms with Gasteiger partial charge in [0.15, 0.2) is 0 Å². The lowest BCUT2D eigenvalue weighted by molar-refractivity contribution is 0.0951. The van der Waals surface area contributed by atoms with Gasteiger partial charge in [-0.2, -0.15) is 0 Å². The standard InChI is InChI=1S/C16H16BrNO2S/c17-15-7-6-14(21-15)16(19)18-8-9-20-13-5-4-11-2-1-3-12(11)10-13/h4-7,10H,1-3,8-9H2,(H,18,19). The van der Waals surface area contributed by atoms with Crippen LogP contribution in [0.15, 0.2) is 34.1 Å². The lowest BCUT2D eigenvalue weighted by Crippen LogP contribution is -2.27. The predicted octanol–water partition coefficient (Wildman–Crippen LogP) is 3.81. The zero-order valence-electron chi connectivity index (χ0n) is 11.5. The Labute approximate surface area is 136 Å². The fourth-order valence-electron chi connectivity index (χ4n) is 2.49. The summed E-state index contributed by atoms with van der Waals surface area (Å²) in [6, 6.07) is 9.98. The normalized spacial score (nSPS) is 13.0. The Balaban J connectivity index is 1.45. The first-order chi connectivity index (χ1) is 10.2. The summed E-state index contributed by atoms with van der Waals surface area (Å²) >= 11 is 4.78. The topological polar surface area (TPSA) is 38.3 Å². The molecule has 1 aromatic heterocycles. The number of hydrogen-bond acceptors (Lipinski definition) is 3. The molecule has 0 saturated carbocycles. The van der Waals surface area contributed by atoms with Crippen LogP contribution in [0.25, 0.3) is 0 Å². The van der Waals surface area contributed by atoms with Crippen molar-refractivity contribution in [1.82, 2.24) is 5.32 Å². The second-order valence-corrected chi connectivity index (χ2v) is 7.46. The summed E-state index contributed by atoms with van der Waals surface area (Å²) in [7, 11) is 0. The van der Waals surface area contributed by atoms with Crippen molar-refractivity contribution in [3.8, 4) is 5.75 Å². The van der Waals surface area contributed by atoms with Crippen molar-refractivity contribution in [3.05, 3.63) is 50.1 Å². The monoisotopic (exact) mass is 365 g/mol. The molecular weight excluding hydrogens is 350 g/mol. The summed E-state index contributed by atoms with van der Waals surface area (Å²) < 4.78 is 6.66. The number of fused-ring (bicyclic) bond motifs is 1. The van der Waals surface area contributed by atoms with E-state index in [2.05, 4.69) is 33.4 Å². The maximum absolute atomic E-state index is 11.8. The van der Waals surface area contributed by atoms with E-state index >= 15 is 0 Å². The number of rotatable bonds is 5. The number of carbonyl (C=O) groups is 1. The van der Waals surface area contributed by atoms with E-state index in [0.717, 1.165) is 16.0 Å². The first-order valence-corrected chi connectivity index (χ1v) is 8.61. The van der Waals surface area contributed by atoms with Crippen LogP contribution in [-0.4, -0.2) is 19.1 Å². The van der Waals surface area contributed by atoms with Gasteiger partial charge in [0.05, 0.1) is 15.2 Å². The van der Waals surface area contributed by atoms with Crippen LogP contribution >= 0.6 is 27.3 Å². The van der Waals surface area contributed by atoms with Crippen molar-refractivity contribution in [3.63, 3.8) is 0 Å². The number of ether oxygens (including phenoxy) is 1. The minimum atomic E-state index is -0.0525. The molecule has 1 aromatic carbocycles. The van der Waals surface area contributed by atoms with Gasteiger partial charge in [-0.25, -0.2) is 0 Å². The summed E-state index contributed by atoms with van der Waals surface area (Å²) in [5.41, 5.74) is 2.85. The van der Waals surface area contributed by atoms with Gasteiger partial charge in [-0.15, -0.1) is 11.3 Å². The number of carbonyl (C=O) groups excluding carboxylic acids is 1. The maximum Gasteiger partial charge on any atom is 0.261 e. The lowest BCUT2D eigenvalue weighted by Gasteiger charge is -2.08. The molecule has 1 aliphatic carbocycles. The van der Waals surface area contributed by atoms with Crippen molar-refractivity contribution < 1.29 is 9.53 Å². The lowest BCUT2D eigenvalue weighted by atomic mass is 10.1. The third-order valence-electron chi connectivity index (χ3n) is 3.52. The smallest absolute Gasteiger partial charge is 0.261 e. The van der Waals surface area contributed by atoms with E-state index < -0.39 is 0 Å². The van der Waals surface area contributed by atoms with Gasteiger partial charge in [0.25, 0.3) is 5.91 Å². The number of thiophene rings is 1. The molecule has 2 aromatic rings. The molecule has 0 fully saturated rings. The Kier molecular flexibility index (Phi) is 4.60. The third kappa shape index (κ3) is 3.66. The second kappa shape index (κ2) is 6.62. The molecule has 0 atom stereocenters. The summed E-state index contributed by atoms with van der Waals surface area (Å²) in [6.45, 7) is 0.989. The fourth-order valence-corrected chi connectivity index (χ4v) is 3.80. The van der Waals surface area contributed by atoms with Crippen molar-refractivity contribution >= 4 is 33.2 Å². The highest BCUT2D eigenvalue weighted by atomic mass is 79.9. The zero-order valence-corrected chi connectivity index (χ0v) is 13.9. The minimum absolute atomic E-state index is 0.0525. The Bertz CT molecular complexity index is 653. The highest BCUT2D eigenvalue weighted by Gasteiger charge is 2.11. The van der Waals surface area contributed by atoms with Gasteiger partial charge >= 0.3 is 0 Å².